The molecule has 6 rings (SSSR count). The van der Waals surface area contributed by atoms with E-state index in [4.69, 9.17) is 26.6 Å². The van der Waals surface area contributed by atoms with Gasteiger partial charge in [0, 0.05) is 63.0 Å². The SMILES string of the molecule is C(CSSCCC[Si]12OCCN(CCO1)CCO2)C[Si]12OCCC(CCO1)CCO2. The lowest BCUT2D eigenvalue weighted by Gasteiger charge is -2.38. The van der Waals surface area contributed by atoms with E-state index in [0.29, 0.717) is 5.92 Å². The van der Waals surface area contributed by atoms with Crippen LogP contribution in [0.3, 0.4) is 0 Å². The van der Waals surface area contributed by atoms with Gasteiger partial charge in [-0.3, -0.25) is 4.90 Å². The van der Waals surface area contributed by atoms with Gasteiger partial charge in [0.2, 0.25) is 0 Å². The summed E-state index contributed by atoms with van der Waals surface area (Å²) in [6, 6.07) is 1.89. The highest BCUT2D eigenvalue weighted by Gasteiger charge is 2.44. The lowest BCUT2D eigenvalue weighted by Crippen LogP contribution is -2.55. The van der Waals surface area contributed by atoms with Crippen LogP contribution >= 0.6 is 21.6 Å². The molecule has 0 atom stereocenters. The van der Waals surface area contributed by atoms with Crippen LogP contribution in [-0.2, 0) is 26.6 Å². The molecule has 11 heteroatoms. The Morgan fingerprint density at radius 3 is 1.43 bits per heavy atom. The van der Waals surface area contributed by atoms with Gasteiger partial charge in [-0.25, -0.2) is 0 Å². The molecule has 0 aromatic heterocycles. The van der Waals surface area contributed by atoms with E-state index in [-0.39, 0.29) is 0 Å². The Bertz CT molecular complexity index is 426. The molecule has 0 radical (unpaired) electrons. The number of rotatable bonds is 9. The Morgan fingerprint density at radius 2 is 1.00 bits per heavy atom. The van der Waals surface area contributed by atoms with Crippen molar-refractivity contribution < 1.29 is 26.6 Å². The van der Waals surface area contributed by atoms with Crippen LogP contribution in [0.4, 0.5) is 0 Å². The molecule has 4 bridgehead atoms. The zero-order valence-corrected chi connectivity index (χ0v) is 21.7. The van der Waals surface area contributed by atoms with Crippen LogP contribution in [0.25, 0.3) is 0 Å². The fourth-order valence-electron chi connectivity index (χ4n) is 4.40. The van der Waals surface area contributed by atoms with Crippen molar-refractivity contribution in [3.05, 3.63) is 0 Å². The summed E-state index contributed by atoms with van der Waals surface area (Å²) < 4.78 is 36.8. The van der Waals surface area contributed by atoms with Crippen molar-refractivity contribution in [3.8, 4) is 0 Å². The molecule has 6 aliphatic heterocycles. The van der Waals surface area contributed by atoms with Gasteiger partial charge in [-0.05, 0) is 38.0 Å². The maximum atomic E-state index is 6.15. The molecule has 0 aromatic carbocycles. The molecule has 6 aliphatic rings. The second kappa shape index (κ2) is 12.4. The highest BCUT2D eigenvalue weighted by atomic mass is 33.1. The van der Waals surface area contributed by atoms with Crippen molar-refractivity contribution in [1.82, 2.24) is 4.90 Å². The summed E-state index contributed by atoms with van der Waals surface area (Å²) in [7, 11) is -0.963. The third-order valence-electron chi connectivity index (χ3n) is 6.24. The molecule has 0 N–H and O–H groups in total. The van der Waals surface area contributed by atoms with E-state index in [9.17, 15) is 0 Å². The van der Waals surface area contributed by atoms with Crippen LogP contribution in [-0.4, -0.2) is 93.3 Å². The van der Waals surface area contributed by atoms with E-state index in [0.717, 1.165) is 95.7 Å². The Balaban J connectivity index is 1.09. The lowest BCUT2D eigenvalue weighted by atomic mass is 9.99. The third-order valence-corrected chi connectivity index (χ3v) is 14.6. The van der Waals surface area contributed by atoms with Crippen LogP contribution in [0.2, 0.25) is 12.1 Å². The van der Waals surface area contributed by atoms with Crippen molar-refractivity contribution >= 4 is 39.2 Å². The average Bonchev–Trinajstić information content (AvgIpc) is 2.64. The van der Waals surface area contributed by atoms with Crippen molar-refractivity contribution in [1.29, 1.82) is 0 Å². The van der Waals surface area contributed by atoms with Crippen LogP contribution in [0, 0.1) is 5.92 Å². The fraction of sp³-hybridized carbons (Fsp3) is 1.00. The van der Waals surface area contributed by atoms with E-state index in [1.54, 1.807) is 0 Å². The summed E-state index contributed by atoms with van der Waals surface area (Å²) in [6.45, 7) is 7.70. The highest BCUT2D eigenvalue weighted by Crippen LogP contribution is 2.31. The summed E-state index contributed by atoms with van der Waals surface area (Å²) in [6.07, 6.45) is 5.70. The summed E-state index contributed by atoms with van der Waals surface area (Å²) in [5.41, 5.74) is 0. The molecule has 7 nitrogen and oxygen atoms in total. The summed E-state index contributed by atoms with van der Waals surface area (Å²) in [5, 5.41) is 0. The monoisotopic (exact) mass is 495 g/mol. The first-order valence-corrected chi connectivity index (χ1v) is 17.9. The lowest BCUT2D eigenvalue weighted by molar-refractivity contribution is -0.00830. The molecular formula is C19H37NO6S2Si2. The minimum absolute atomic E-state index is 0.715. The largest absolute Gasteiger partial charge is 0.501 e. The summed E-state index contributed by atoms with van der Waals surface area (Å²) >= 11 is 0. The van der Waals surface area contributed by atoms with Crippen LogP contribution in [0.15, 0.2) is 0 Å². The molecule has 6 fully saturated rings. The zero-order chi connectivity index (χ0) is 20.5. The van der Waals surface area contributed by atoms with Crippen LogP contribution in [0.1, 0.15) is 32.1 Å². The first-order chi connectivity index (χ1) is 14.8. The van der Waals surface area contributed by atoms with E-state index in [1.165, 1.54) is 19.3 Å². The first-order valence-electron chi connectivity index (χ1n) is 11.6. The second-order valence-corrected chi connectivity index (χ2v) is 16.5. The number of nitrogens with zero attached hydrogens (tertiary/aromatic N) is 1. The van der Waals surface area contributed by atoms with Crippen molar-refractivity contribution in [2.24, 2.45) is 5.92 Å². The van der Waals surface area contributed by atoms with Gasteiger partial charge in [-0.2, -0.15) is 0 Å². The zero-order valence-electron chi connectivity index (χ0n) is 18.0. The minimum atomic E-state index is -2.44. The molecule has 0 aliphatic carbocycles. The Morgan fingerprint density at radius 1 is 0.600 bits per heavy atom. The van der Waals surface area contributed by atoms with Gasteiger partial charge in [-0.1, -0.05) is 21.6 Å². The minimum Gasteiger partial charge on any atom is -0.373 e. The van der Waals surface area contributed by atoms with E-state index in [2.05, 4.69) is 4.90 Å². The van der Waals surface area contributed by atoms with Crippen LogP contribution in [0.5, 0.6) is 0 Å². The van der Waals surface area contributed by atoms with Gasteiger partial charge in [0.25, 0.3) is 0 Å². The van der Waals surface area contributed by atoms with E-state index >= 15 is 0 Å². The van der Waals surface area contributed by atoms with Crippen LogP contribution < -0.4 is 0 Å². The van der Waals surface area contributed by atoms with Gasteiger partial charge in [0.05, 0.1) is 19.8 Å². The predicted octanol–water partition coefficient (Wildman–Crippen LogP) is 3.27. The average molecular weight is 496 g/mol. The second-order valence-electron chi connectivity index (χ2n) is 8.38. The Labute approximate surface area is 191 Å². The van der Waals surface area contributed by atoms with Crippen molar-refractivity contribution in [2.75, 3.05) is 70.8 Å². The Kier molecular flexibility index (Phi) is 9.88. The third kappa shape index (κ3) is 7.18. The van der Waals surface area contributed by atoms with E-state index < -0.39 is 17.6 Å². The van der Waals surface area contributed by atoms with Crippen molar-refractivity contribution in [3.63, 3.8) is 0 Å². The normalized spacial score (nSPS) is 37.6. The van der Waals surface area contributed by atoms with Gasteiger partial charge in [-0.15, -0.1) is 0 Å². The van der Waals surface area contributed by atoms with Crippen molar-refractivity contribution in [2.45, 2.75) is 44.2 Å². The molecule has 30 heavy (non-hydrogen) atoms. The number of fused-ring (bicyclic) bond motifs is 12. The van der Waals surface area contributed by atoms with Gasteiger partial charge in [0.15, 0.2) is 0 Å². The van der Waals surface area contributed by atoms with Gasteiger partial charge in [0.1, 0.15) is 0 Å². The molecule has 0 aromatic rings. The van der Waals surface area contributed by atoms with Gasteiger partial charge >= 0.3 is 17.6 Å². The smallest absolute Gasteiger partial charge is 0.373 e. The molecule has 0 amide bonds. The van der Waals surface area contributed by atoms with Gasteiger partial charge < -0.3 is 26.6 Å². The predicted molar refractivity (Wildman–Crippen MR) is 125 cm³/mol. The van der Waals surface area contributed by atoms with E-state index in [1.807, 2.05) is 21.6 Å². The summed E-state index contributed by atoms with van der Waals surface area (Å²) in [5.74, 6) is 2.93. The molecule has 6 heterocycles. The molecule has 6 saturated heterocycles. The number of hydrogen-bond acceptors (Lipinski definition) is 9. The maximum Gasteiger partial charge on any atom is 0.501 e. The topological polar surface area (TPSA) is 58.6 Å². The standard InChI is InChI=1S/C19H37NO6S2Si2/c1(17-29-21-9-3-19(4-10-22-29)5-11-23-29)15-27-28-16-2-18-30-24-12-6-20(7-13-25-30)8-14-26-30/h19H,1-18H2. The molecule has 0 spiro atoms. The molecule has 0 unspecified atom stereocenters. The molecule has 174 valence electrons. The fourth-order valence-corrected chi connectivity index (χ4v) is 12.2. The first kappa shape index (κ1) is 24.0. The summed E-state index contributed by atoms with van der Waals surface area (Å²) in [4.78, 5) is 2.36. The number of hydrogen-bond donors (Lipinski definition) is 0. The molecule has 0 saturated carbocycles. The Hall–Kier alpha value is 0.854. The maximum absolute atomic E-state index is 6.15. The molecular weight excluding hydrogens is 459 g/mol. The highest BCUT2D eigenvalue weighted by molar-refractivity contribution is 8.76. The quantitative estimate of drug-likeness (QED) is 0.272.